The first-order valence-electron chi connectivity index (χ1n) is 8.58. The maximum Gasteiger partial charge on any atom is 0.299 e. The first-order valence-corrected chi connectivity index (χ1v) is 8.58. The van der Waals surface area contributed by atoms with E-state index in [1.54, 1.807) is 12.0 Å². The Morgan fingerprint density at radius 3 is 2.92 bits per heavy atom. The standard InChI is InChI=1S/C20H19N3O2/c1-23-17-6-4-3-5-15(17)20(19(23)24)18-13(9-10-21-20)14-11-12(25-2)7-8-16(14)22-18/h3-8,11,21-22H,9-10H2,1-2H3/p+1/t20-/m0/s1. The number of hydrogen-bond donors (Lipinski definition) is 2. The number of aromatic amines is 1. The molecule has 0 unspecified atom stereocenters. The molecule has 2 aliphatic rings. The number of fused-ring (bicyclic) bond motifs is 6. The lowest BCUT2D eigenvalue weighted by atomic mass is 9.82. The van der Waals surface area contributed by atoms with E-state index in [0.29, 0.717) is 0 Å². The van der Waals surface area contributed by atoms with Gasteiger partial charge in [0, 0.05) is 24.4 Å². The van der Waals surface area contributed by atoms with E-state index in [9.17, 15) is 4.79 Å². The number of hydrogen-bond acceptors (Lipinski definition) is 2. The molecule has 1 atom stereocenters. The average molecular weight is 334 g/mol. The van der Waals surface area contributed by atoms with Gasteiger partial charge in [-0.3, -0.25) is 4.79 Å². The van der Waals surface area contributed by atoms with Crippen LogP contribution in [0.1, 0.15) is 16.8 Å². The number of methoxy groups -OCH3 is 1. The van der Waals surface area contributed by atoms with Crippen molar-refractivity contribution >= 4 is 22.5 Å². The van der Waals surface area contributed by atoms with Gasteiger partial charge < -0.3 is 19.9 Å². The van der Waals surface area contributed by atoms with Gasteiger partial charge in [0.15, 0.2) is 0 Å². The summed E-state index contributed by atoms with van der Waals surface area (Å²) in [6.07, 6.45) is 0.934. The number of ether oxygens (including phenoxy) is 1. The Hall–Kier alpha value is -2.79. The molecule has 0 saturated carbocycles. The molecule has 0 fully saturated rings. The molecule has 5 rings (SSSR count). The monoisotopic (exact) mass is 334 g/mol. The summed E-state index contributed by atoms with van der Waals surface area (Å²) in [5.41, 5.74) is 4.67. The smallest absolute Gasteiger partial charge is 0.299 e. The first kappa shape index (κ1) is 14.5. The van der Waals surface area contributed by atoms with Gasteiger partial charge in [-0.05, 0) is 35.9 Å². The number of carbonyl (C=O) groups is 1. The average Bonchev–Trinajstić information content (AvgIpc) is 3.13. The molecular formula is C20H20N3O2+. The topological polar surface area (TPSA) is 61.9 Å². The maximum atomic E-state index is 13.4. The zero-order valence-electron chi connectivity index (χ0n) is 14.3. The van der Waals surface area contributed by atoms with Crippen molar-refractivity contribution in [3.05, 3.63) is 59.3 Å². The van der Waals surface area contributed by atoms with Crippen molar-refractivity contribution in [2.75, 3.05) is 25.6 Å². The van der Waals surface area contributed by atoms with Crippen LogP contribution in [-0.4, -0.2) is 31.6 Å². The molecule has 3 N–H and O–H groups in total. The highest BCUT2D eigenvalue weighted by Crippen LogP contribution is 2.44. The van der Waals surface area contributed by atoms with Crippen LogP contribution in [-0.2, 0) is 16.8 Å². The third-order valence-corrected chi connectivity index (χ3v) is 5.68. The Morgan fingerprint density at radius 2 is 2.08 bits per heavy atom. The zero-order valence-corrected chi connectivity index (χ0v) is 14.3. The van der Waals surface area contributed by atoms with E-state index in [0.717, 1.165) is 46.6 Å². The third kappa shape index (κ3) is 1.68. The Bertz CT molecular complexity index is 1020. The number of rotatable bonds is 1. The van der Waals surface area contributed by atoms with Gasteiger partial charge in [-0.1, -0.05) is 12.1 Å². The highest BCUT2D eigenvalue weighted by molar-refractivity contribution is 6.09. The maximum absolute atomic E-state index is 13.4. The van der Waals surface area contributed by atoms with Crippen LogP contribution in [0.25, 0.3) is 10.9 Å². The molecule has 0 bridgehead atoms. The molecule has 1 amide bonds. The summed E-state index contributed by atoms with van der Waals surface area (Å²) in [6.45, 7) is 0.880. The molecule has 0 saturated heterocycles. The normalized spacial score (nSPS) is 21.7. The summed E-state index contributed by atoms with van der Waals surface area (Å²) in [5.74, 6) is 0.960. The number of carbonyl (C=O) groups excluding carboxylic acids is 1. The minimum Gasteiger partial charge on any atom is -0.497 e. The van der Waals surface area contributed by atoms with E-state index in [1.165, 1.54) is 5.56 Å². The first-order chi connectivity index (χ1) is 12.2. The predicted molar refractivity (Wildman–Crippen MR) is 96.0 cm³/mol. The van der Waals surface area contributed by atoms with E-state index in [1.807, 2.05) is 37.4 Å². The van der Waals surface area contributed by atoms with Crippen LogP contribution in [0, 0.1) is 0 Å². The molecule has 5 nitrogen and oxygen atoms in total. The number of nitrogens with zero attached hydrogens (tertiary/aromatic N) is 1. The molecule has 1 aromatic heterocycles. The van der Waals surface area contributed by atoms with Crippen LogP contribution in [0.5, 0.6) is 5.75 Å². The number of amides is 1. The molecular weight excluding hydrogens is 314 g/mol. The van der Waals surface area contributed by atoms with E-state index in [2.05, 4.69) is 22.4 Å². The number of H-pyrrole nitrogens is 1. The van der Waals surface area contributed by atoms with Crippen molar-refractivity contribution in [1.82, 2.24) is 4.98 Å². The van der Waals surface area contributed by atoms with E-state index >= 15 is 0 Å². The quantitative estimate of drug-likeness (QED) is 0.709. The zero-order chi connectivity index (χ0) is 17.2. The Labute approximate surface area is 145 Å². The number of nitrogens with one attached hydrogen (secondary N) is 1. The Balaban J connectivity index is 1.83. The minimum atomic E-state index is -0.703. The lowest BCUT2D eigenvalue weighted by Crippen LogP contribution is -2.99. The number of nitrogens with two attached hydrogens (primary N) is 1. The summed E-state index contributed by atoms with van der Waals surface area (Å²) >= 11 is 0. The number of anilines is 1. The lowest BCUT2D eigenvalue weighted by Gasteiger charge is -2.30. The number of benzene rings is 2. The fourth-order valence-corrected chi connectivity index (χ4v) is 4.51. The number of quaternary nitrogens is 1. The number of para-hydroxylation sites is 1. The summed E-state index contributed by atoms with van der Waals surface area (Å²) < 4.78 is 5.40. The van der Waals surface area contributed by atoms with Crippen molar-refractivity contribution in [3.63, 3.8) is 0 Å². The summed E-state index contributed by atoms with van der Waals surface area (Å²) in [6, 6.07) is 14.2. The number of aromatic nitrogens is 1. The van der Waals surface area contributed by atoms with Gasteiger partial charge in [-0.2, -0.15) is 0 Å². The van der Waals surface area contributed by atoms with Crippen molar-refractivity contribution in [2.45, 2.75) is 12.0 Å². The summed E-state index contributed by atoms with van der Waals surface area (Å²) in [4.78, 5) is 18.7. The SMILES string of the molecule is COc1ccc2[nH]c3c(c2c1)CC[NH2+][C@]31C(=O)N(C)c2ccccc21. The molecule has 1 spiro atoms. The lowest BCUT2D eigenvalue weighted by molar-refractivity contribution is -0.714. The molecule has 0 radical (unpaired) electrons. The van der Waals surface area contributed by atoms with Crippen LogP contribution in [0.3, 0.4) is 0 Å². The fourth-order valence-electron chi connectivity index (χ4n) is 4.51. The summed E-state index contributed by atoms with van der Waals surface area (Å²) in [7, 11) is 3.55. The minimum absolute atomic E-state index is 0.119. The predicted octanol–water partition coefficient (Wildman–Crippen LogP) is 1.52. The van der Waals surface area contributed by atoms with Crippen molar-refractivity contribution in [1.29, 1.82) is 0 Å². The van der Waals surface area contributed by atoms with Crippen molar-refractivity contribution < 1.29 is 14.8 Å². The summed E-state index contributed by atoms with van der Waals surface area (Å²) in [5, 5.41) is 3.34. The number of likely N-dealkylation sites (N-methyl/N-ethyl adjacent to an activating group) is 1. The Morgan fingerprint density at radius 1 is 1.24 bits per heavy atom. The van der Waals surface area contributed by atoms with Gasteiger partial charge in [0.2, 0.25) is 5.54 Å². The van der Waals surface area contributed by atoms with Crippen LogP contribution < -0.4 is 15.0 Å². The van der Waals surface area contributed by atoms with E-state index < -0.39 is 5.54 Å². The van der Waals surface area contributed by atoms with Crippen molar-refractivity contribution in [2.24, 2.45) is 0 Å². The van der Waals surface area contributed by atoms with Crippen LogP contribution in [0.15, 0.2) is 42.5 Å². The second kappa shape index (κ2) is 4.86. The molecule has 2 aliphatic heterocycles. The van der Waals surface area contributed by atoms with Crippen LogP contribution >= 0.6 is 0 Å². The van der Waals surface area contributed by atoms with Crippen LogP contribution in [0.4, 0.5) is 5.69 Å². The van der Waals surface area contributed by atoms with Gasteiger partial charge in [0.1, 0.15) is 5.75 Å². The van der Waals surface area contributed by atoms with Gasteiger partial charge in [-0.15, -0.1) is 0 Å². The van der Waals surface area contributed by atoms with Crippen LogP contribution in [0.2, 0.25) is 0 Å². The second-order valence-corrected chi connectivity index (χ2v) is 6.82. The van der Waals surface area contributed by atoms with Gasteiger partial charge in [-0.25, -0.2) is 0 Å². The van der Waals surface area contributed by atoms with Crippen molar-refractivity contribution in [3.8, 4) is 5.75 Å². The highest BCUT2D eigenvalue weighted by atomic mass is 16.5. The van der Waals surface area contributed by atoms with Gasteiger partial charge >= 0.3 is 0 Å². The molecule has 5 heteroatoms. The van der Waals surface area contributed by atoms with E-state index in [4.69, 9.17) is 4.74 Å². The van der Waals surface area contributed by atoms with Gasteiger partial charge in [0.25, 0.3) is 5.91 Å². The largest absolute Gasteiger partial charge is 0.497 e. The molecule has 126 valence electrons. The molecule has 25 heavy (non-hydrogen) atoms. The van der Waals surface area contributed by atoms with Gasteiger partial charge in [0.05, 0.1) is 30.6 Å². The molecule has 3 aromatic rings. The third-order valence-electron chi connectivity index (χ3n) is 5.68. The molecule has 3 heterocycles. The highest BCUT2D eigenvalue weighted by Gasteiger charge is 2.58. The second-order valence-electron chi connectivity index (χ2n) is 6.82. The molecule has 0 aliphatic carbocycles. The Kier molecular flexibility index (Phi) is 2.83. The fraction of sp³-hybridized carbons (Fsp3) is 0.250. The molecule has 2 aromatic carbocycles. The van der Waals surface area contributed by atoms with E-state index in [-0.39, 0.29) is 5.91 Å².